The third kappa shape index (κ3) is 13.2. The van der Waals surface area contributed by atoms with Gasteiger partial charge in [-0.3, -0.25) is 4.57 Å². The molecule has 0 unspecified atom stereocenters. The van der Waals surface area contributed by atoms with Crippen molar-refractivity contribution in [2.45, 2.75) is 28.2 Å². The van der Waals surface area contributed by atoms with Crippen molar-refractivity contribution < 1.29 is 9.09 Å². The van der Waals surface area contributed by atoms with Crippen LogP contribution in [0.4, 0.5) is 0 Å². The summed E-state index contributed by atoms with van der Waals surface area (Å²) in [7, 11) is -2.26. The lowest BCUT2D eigenvalue weighted by atomic mass is 9.99. The van der Waals surface area contributed by atoms with E-state index in [1.807, 2.05) is 0 Å². The van der Waals surface area contributed by atoms with Crippen LogP contribution in [0, 0.1) is 5.41 Å². The Morgan fingerprint density at radius 1 is 1.27 bits per heavy atom. The SMILES string of the molecule is C.CC(C)(C)COP(C)(C)=O. The fourth-order valence-corrected chi connectivity index (χ4v) is 1.05. The first-order chi connectivity index (χ1) is 4.21. The number of hydrogen-bond acceptors (Lipinski definition) is 2. The van der Waals surface area contributed by atoms with Gasteiger partial charge in [0.05, 0.1) is 6.61 Å². The van der Waals surface area contributed by atoms with Crippen molar-refractivity contribution in [1.29, 1.82) is 0 Å². The maximum absolute atomic E-state index is 11.0. The molecule has 0 amide bonds. The predicted octanol–water partition coefficient (Wildman–Crippen LogP) is 3.22. The smallest absolute Gasteiger partial charge is 0.197 e. The third-order valence-electron chi connectivity index (χ3n) is 0.808. The van der Waals surface area contributed by atoms with Gasteiger partial charge in [-0.05, 0) is 5.41 Å². The van der Waals surface area contributed by atoms with Gasteiger partial charge in [0.15, 0.2) is 7.37 Å². The van der Waals surface area contributed by atoms with Crippen LogP contribution in [0.5, 0.6) is 0 Å². The number of hydrogen-bond donors (Lipinski definition) is 0. The van der Waals surface area contributed by atoms with Gasteiger partial charge in [0.2, 0.25) is 0 Å². The lowest BCUT2D eigenvalue weighted by Gasteiger charge is -2.19. The second kappa shape index (κ2) is 4.27. The van der Waals surface area contributed by atoms with Crippen LogP contribution in [0.15, 0.2) is 0 Å². The Bertz CT molecular complexity index is 141. The minimum absolute atomic E-state index is 0. The molecule has 0 rings (SSSR count). The molecule has 0 radical (unpaired) electrons. The van der Waals surface area contributed by atoms with E-state index in [1.165, 1.54) is 0 Å². The Morgan fingerprint density at radius 3 is 1.73 bits per heavy atom. The molecule has 0 aromatic heterocycles. The highest BCUT2D eigenvalue weighted by Crippen LogP contribution is 2.38. The summed E-state index contributed by atoms with van der Waals surface area (Å²) in [6.45, 7) is 10.0. The molecule has 0 N–H and O–H groups in total. The normalized spacial score (nSPS) is 12.5. The topological polar surface area (TPSA) is 26.3 Å². The van der Waals surface area contributed by atoms with Gasteiger partial charge in [0.1, 0.15) is 0 Å². The zero-order chi connectivity index (χ0) is 8.41. The van der Waals surface area contributed by atoms with Gasteiger partial charge in [-0.1, -0.05) is 28.2 Å². The average Bonchev–Trinajstić information content (AvgIpc) is 1.57. The highest BCUT2D eigenvalue weighted by molar-refractivity contribution is 7.57. The Labute approximate surface area is 70.8 Å². The predicted molar refractivity (Wildman–Crippen MR) is 51.6 cm³/mol. The second-order valence-electron chi connectivity index (χ2n) is 4.09. The minimum Gasteiger partial charge on any atom is -0.328 e. The molecule has 2 nitrogen and oxygen atoms in total. The van der Waals surface area contributed by atoms with E-state index in [2.05, 4.69) is 20.8 Å². The Hall–Kier alpha value is 0.190. The van der Waals surface area contributed by atoms with Crippen LogP contribution in [0.25, 0.3) is 0 Å². The quantitative estimate of drug-likeness (QED) is 0.610. The van der Waals surface area contributed by atoms with Crippen LogP contribution in [0.1, 0.15) is 28.2 Å². The van der Waals surface area contributed by atoms with Crippen LogP contribution in [-0.4, -0.2) is 19.9 Å². The standard InChI is InChI=1S/C7H17O2P.CH4/c1-7(2,3)6-9-10(4,5)8;/h6H2,1-5H3;1H4. The fourth-order valence-electron chi connectivity index (χ4n) is 0.349. The molecule has 0 aromatic carbocycles. The molecule has 0 bridgehead atoms. The highest BCUT2D eigenvalue weighted by atomic mass is 31.2. The summed E-state index contributed by atoms with van der Waals surface area (Å²) in [5.41, 5.74) is 0.113. The molecule has 0 saturated heterocycles. The van der Waals surface area contributed by atoms with Gasteiger partial charge >= 0.3 is 0 Å². The van der Waals surface area contributed by atoms with Gasteiger partial charge in [0, 0.05) is 13.3 Å². The molecule has 3 heteroatoms. The van der Waals surface area contributed by atoms with Gasteiger partial charge in [-0.2, -0.15) is 0 Å². The number of rotatable bonds is 2. The van der Waals surface area contributed by atoms with Crippen molar-refractivity contribution >= 4 is 7.37 Å². The van der Waals surface area contributed by atoms with Crippen LogP contribution in [-0.2, 0) is 9.09 Å². The Kier molecular flexibility index (Phi) is 5.35. The first kappa shape index (κ1) is 13.8. The molecule has 70 valence electrons. The van der Waals surface area contributed by atoms with E-state index in [-0.39, 0.29) is 12.8 Å². The zero-order valence-electron chi connectivity index (χ0n) is 7.47. The van der Waals surface area contributed by atoms with Crippen LogP contribution in [0.2, 0.25) is 0 Å². The molecule has 0 spiro atoms. The largest absolute Gasteiger partial charge is 0.328 e. The third-order valence-corrected chi connectivity index (χ3v) is 1.56. The second-order valence-corrected chi connectivity index (χ2v) is 6.85. The highest BCUT2D eigenvalue weighted by Gasteiger charge is 2.15. The van der Waals surface area contributed by atoms with E-state index >= 15 is 0 Å². The van der Waals surface area contributed by atoms with Gasteiger partial charge in [0.25, 0.3) is 0 Å². The van der Waals surface area contributed by atoms with E-state index in [1.54, 1.807) is 13.3 Å². The lowest BCUT2D eigenvalue weighted by molar-refractivity contribution is 0.203. The molecule has 0 aliphatic rings. The van der Waals surface area contributed by atoms with Crippen molar-refractivity contribution in [3.63, 3.8) is 0 Å². The van der Waals surface area contributed by atoms with Gasteiger partial charge in [-0.25, -0.2) is 0 Å². The molecular weight excluding hydrogens is 159 g/mol. The van der Waals surface area contributed by atoms with Gasteiger partial charge < -0.3 is 4.52 Å². The van der Waals surface area contributed by atoms with Crippen molar-refractivity contribution in [2.75, 3.05) is 19.9 Å². The Balaban J connectivity index is 0. The summed E-state index contributed by atoms with van der Waals surface area (Å²) in [6.07, 6.45) is 0. The van der Waals surface area contributed by atoms with Gasteiger partial charge in [-0.15, -0.1) is 0 Å². The van der Waals surface area contributed by atoms with Crippen LogP contribution < -0.4 is 0 Å². The van der Waals surface area contributed by atoms with E-state index in [4.69, 9.17) is 4.52 Å². The molecule has 0 aliphatic carbocycles. The van der Waals surface area contributed by atoms with Crippen molar-refractivity contribution in [3.05, 3.63) is 0 Å². The summed E-state index contributed by atoms with van der Waals surface area (Å²) in [6, 6.07) is 0. The summed E-state index contributed by atoms with van der Waals surface area (Å²) in [5, 5.41) is 0. The molecule has 11 heavy (non-hydrogen) atoms. The molecule has 0 aromatic rings. The van der Waals surface area contributed by atoms with Crippen LogP contribution in [0.3, 0.4) is 0 Å². The molecular formula is C8H21O2P. The molecule has 0 heterocycles. The molecule has 0 fully saturated rings. The van der Waals surface area contributed by atoms with E-state index in [9.17, 15) is 4.57 Å². The maximum atomic E-state index is 11.0. The molecule has 0 saturated carbocycles. The summed E-state index contributed by atoms with van der Waals surface area (Å²) >= 11 is 0. The van der Waals surface area contributed by atoms with E-state index < -0.39 is 7.37 Å². The summed E-state index contributed by atoms with van der Waals surface area (Å²) in [5.74, 6) is 0. The fraction of sp³-hybridized carbons (Fsp3) is 1.00. The van der Waals surface area contributed by atoms with Crippen molar-refractivity contribution in [2.24, 2.45) is 5.41 Å². The van der Waals surface area contributed by atoms with Crippen molar-refractivity contribution in [1.82, 2.24) is 0 Å². The molecule has 0 atom stereocenters. The lowest BCUT2D eigenvalue weighted by Crippen LogP contribution is -2.13. The Morgan fingerprint density at radius 2 is 1.64 bits per heavy atom. The maximum Gasteiger partial charge on any atom is 0.197 e. The molecule has 0 aliphatic heterocycles. The van der Waals surface area contributed by atoms with E-state index in [0.29, 0.717) is 6.61 Å². The first-order valence-electron chi connectivity index (χ1n) is 3.40. The van der Waals surface area contributed by atoms with Crippen LogP contribution >= 0.6 is 7.37 Å². The zero-order valence-corrected chi connectivity index (χ0v) is 8.37. The minimum atomic E-state index is -2.26. The monoisotopic (exact) mass is 180 g/mol. The van der Waals surface area contributed by atoms with E-state index in [0.717, 1.165) is 0 Å². The average molecular weight is 180 g/mol. The first-order valence-corrected chi connectivity index (χ1v) is 5.92. The summed E-state index contributed by atoms with van der Waals surface area (Å²) in [4.78, 5) is 0. The summed E-state index contributed by atoms with van der Waals surface area (Å²) < 4.78 is 16.2. The van der Waals surface area contributed by atoms with Crippen molar-refractivity contribution in [3.8, 4) is 0 Å².